The molecule has 5 rings (SSSR count). The third kappa shape index (κ3) is 5.58. The molecule has 1 saturated heterocycles. The van der Waals surface area contributed by atoms with E-state index in [1.54, 1.807) is 0 Å². The van der Waals surface area contributed by atoms with E-state index in [9.17, 15) is 4.79 Å². The van der Waals surface area contributed by atoms with Gasteiger partial charge in [-0.1, -0.05) is 66.2 Å². The first kappa shape index (κ1) is 23.6. The van der Waals surface area contributed by atoms with Gasteiger partial charge in [-0.15, -0.1) is 0 Å². The molecule has 1 aromatic heterocycles. The van der Waals surface area contributed by atoms with Crippen LogP contribution in [0.5, 0.6) is 0 Å². The Kier molecular flexibility index (Phi) is 7.16. The van der Waals surface area contributed by atoms with Gasteiger partial charge >= 0.3 is 0 Å². The molecule has 6 heteroatoms. The fraction of sp³-hybridized carbons (Fsp3) is 0.310. The van der Waals surface area contributed by atoms with E-state index in [-0.39, 0.29) is 17.9 Å². The number of hydrogen-bond donors (Lipinski definition) is 1. The molecule has 4 aromatic rings. The summed E-state index contributed by atoms with van der Waals surface area (Å²) in [6.07, 6.45) is 1.93. The predicted molar refractivity (Wildman–Crippen MR) is 141 cm³/mol. The maximum Gasteiger partial charge on any atom is 0.224 e. The lowest BCUT2D eigenvalue weighted by molar-refractivity contribution is -0.127. The van der Waals surface area contributed by atoms with Gasteiger partial charge in [-0.2, -0.15) is 0 Å². The number of aromatic nitrogens is 2. The minimum Gasteiger partial charge on any atom is -0.349 e. The highest BCUT2D eigenvalue weighted by molar-refractivity contribution is 6.30. The number of benzene rings is 3. The summed E-state index contributed by atoms with van der Waals surface area (Å²) in [7, 11) is 0. The number of nitrogens with zero attached hydrogens (tertiary/aromatic N) is 3. The quantitative estimate of drug-likeness (QED) is 0.357. The van der Waals surface area contributed by atoms with Gasteiger partial charge in [0, 0.05) is 18.1 Å². The van der Waals surface area contributed by atoms with Crippen molar-refractivity contribution >= 4 is 28.5 Å². The number of nitrogens with one attached hydrogen (secondary N) is 1. The fourth-order valence-electron chi connectivity index (χ4n) is 4.96. The second-order valence-corrected chi connectivity index (χ2v) is 9.88. The van der Waals surface area contributed by atoms with E-state index in [0.717, 1.165) is 66.5 Å². The molecule has 0 unspecified atom stereocenters. The first-order valence-electron chi connectivity index (χ1n) is 12.3. The van der Waals surface area contributed by atoms with Crippen LogP contribution < -0.4 is 5.32 Å². The Balaban J connectivity index is 1.30. The second kappa shape index (κ2) is 10.6. The van der Waals surface area contributed by atoms with Crippen LogP contribution in [0.4, 0.5) is 0 Å². The number of carbonyl (C=O) groups excluding carboxylic acids is 1. The molecule has 0 saturated carbocycles. The summed E-state index contributed by atoms with van der Waals surface area (Å²) in [5.41, 5.74) is 4.44. The first-order chi connectivity index (χ1) is 17.1. The molecule has 2 atom stereocenters. The number of para-hydroxylation sites is 2. The number of imidazole rings is 1. The number of carbonyl (C=O) groups is 1. The van der Waals surface area contributed by atoms with Gasteiger partial charge in [0.25, 0.3) is 0 Å². The third-order valence-corrected chi connectivity index (χ3v) is 7.14. The number of hydrogen-bond acceptors (Lipinski definition) is 3. The highest BCUT2D eigenvalue weighted by atomic mass is 35.5. The van der Waals surface area contributed by atoms with Gasteiger partial charge in [0.2, 0.25) is 5.91 Å². The monoisotopic (exact) mass is 486 g/mol. The van der Waals surface area contributed by atoms with E-state index in [1.807, 2.05) is 43.3 Å². The summed E-state index contributed by atoms with van der Waals surface area (Å²) in [4.78, 5) is 20.4. The molecule has 2 heterocycles. The van der Waals surface area contributed by atoms with Gasteiger partial charge in [-0.05, 0) is 61.7 Å². The molecular formula is C29H31ClN4O. The van der Waals surface area contributed by atoms with Gasteiger partial charge in [0.15, 0.2) is 0 Å². The molecule has 0 spiro atoms. The average molecular weight is 487 g/mol. The van der Waals surface area contributed by atoms with Crippen LogP contribution in [0, 0.1) is 5.92 Å². The third-order valence-electron chi connectivity index (χ3n) is 6.89. The van der Waals surface area contributed by atoms with Crippen molar-refractivity contribution in [3.05, 3.63) is 101 Å². The summed E-state index contributed by atoms with van der Waals surface area (Å²) in [6, 6.07) is 26.4. The summed E-state index contributed by atoms with van der Waals surface area (Å²) in [5, 5.41) is 3.96. The lowest BCUT2D eigenvalue weighted by Crippen LogP contribution is -2.43. The van der Waals surface area contributed by atoms with Crippen molar-refractivity contribution in [1.29, 1.82) is 0 Å². The summed E-state index contributed by atoms with van der Waals surface area (Å²) >= 11 is 6.10. The smallest absolute Gasteiger partial charge is 0.224 e. The van der Waals surface area contributed by atoms with Gasteiger partial charge in [-0.3, -0.25) is 9.69 Å². The van der Waals surface area contributed by atoms with Crippen molar-refractivity contribution in [2.24, 2.45) is 5.92 Å². The number of likely N-dealkylation sites (tertiary alicyclic amines) is 1. The maximum atomic E-state index is 13.1. The normalized spacial score (nSPS) is 17.4. The number of halogens is 1. The molecule has 180 valence electrons. The second-order valence-electron chi connectivity index (χ2n) is 9.44. The van der Waals surface area contributed by atoms with Crippen molar-refractivity contribution in [2.45, 2.75) is 38.9 Å². The standard InChI is InChI=1S/C29H31ClN4O/c1-21(23-8-3-2-4-9-23)31-29(35)24-10-7-17-33(19-24)20-28-32-26-11-5-6-12-27(26)34(28)18-22-13-15-25(30)16-14-22/h2-6,8-9,11-16,21,24H,7,10,17-20H2,1H3,(H,31,35)/t21-,24+/m0/s1. The van der Waals surface area contributed by atoms with E-state index >= 15 is 0 Å². The molecule has 1 fully saturated rings. The zero-order chi connectivity index (χ0) is 24.2. The van der Waals surface area contributed by atoms with Gasteiger partial charge in [0.05, 0.1) is 29.5 Å². The first-order valence-corrected chi connectivity index (χ1v) is 12.7. The van der Waals surface area contributed by atoms with Crippen LogP contribution in [0.1, 0.15) is 42.8 Å². The van der Waals surface area contributed by atoms with E-state index in [1.165, 1.54) is 5.56 Å². The van der Waals surface area contributed by atoms with Crippen molar-refractivity contribution in [3.63, 3.8) is 0 Å². The zero-order valence-corrected chi connectivity index (χ0v) is 20.8. The largest absolute Gasteiger partial charge is 0.349 e. The number of rotatable bonds is 7. The van der Waals surface area contributed by atoms with Gasteiger partial charge in [-0.25, -0.2) is 4.98 Å². The summed E-state index contributed by atoms with van der Waals surface area (Å²) in [6.45, 7) is 5.23. The molecule has 1 aliphatic heterocycles. The molecule has 35 heavy (non-hydrogen) atoms. The topological polar surface area (TPSA) is 50.2 Å². The number of amides is 1. The molecular weight excluding hydrogens is 456 g/mol. The molecule has 1 N–H and O–H groups in total. The Morgan fingerprint density at radius 1 is 1.03 bits per heavy atom. The van der Waals surface area contributed by atoms with Crippen LogP contribution in [-0.4, -0.2) is 33.4 Å². The van der Waals surface area contributed by atoms with E-state index < -0.39 is 0 Å². The molecule has 0 aliphatic carbocycles. The van der Waals surface area contributed by atoms with E-state index in [0.29, 0.717) is 0 Å². The van der Waals surface area contributed by atoms with Gasteiger partial charge < -0.3 is 9.88 Å². The average Bonchev–Trinajstić information content (AvgIpc) is 3.22. The van der Waals surface area contributed by atoms with Crippen LogP contribution in [0.15, 0.2) is 78.9 Å². The molecule has 1 aliphatic rings. The van der Waals surface area contributed by atoms with E-state index in [4.69, 9.17) is 16.6 Å². The van der Waals surface area contributed by atoms with Crippen molar-refractivity contribution in [3.8, 4) is 0 Å². The number of fused-ring (bicyclic) bond motifs is 1. The van der Waals surface area contributed by atoms with Crippen LogP contribution >= 0.6 is 11.6 Å². The van der Waals surface area contributed by atoms with Crippen molar-refractivity contribution < 1.29 is 4.79 Å². The predicted octanol–water partition coefficient (Wildman–Crippen LogP) is 5.83. The Morgan fingerprint density at radius 2 is 1.77 bits per heavy atom. The lowest BCUT2D eigenvalue weighted by Gasteiger charge is -2.32. The Morgan fingerprint density at radius 3 is 2.57 bits per heavy atom. The van der Waals surface area contributed by atoms with E-state index in [2.05, 4.69) is 57.2 Å². The minimum absolute atomic E-state index is 0.00245. The SMILES string of the molecule is C[C@H](NC(=O)[C@@H]1CCCN(Cc2nc3ccccc3n2Cc2ccc(Cl)cc2)C1)c1ccccc1. The highest BCUT2D eigenvalue weighted by Gasteiger charge is 2.28. The minimum atomic E-state index is -0.0102. The molecule has 0 bridgehead atoms. The van der Waals surface area contributed by atoms with Gasteiger partial charge in [0.1, 0.15) is 5.82 Å². The summed E-state index contributed by atoms with van der Waals surface area (Å²) in [5.74, 6) is 1.16. The molecule has 1 amide bonds. The highest BCUT2D eigenvalue weighted by Crippen LogP contribution is 2.24. The molecule has 0 radical (unpaired) electrons. The summed E-state index contributed by atoms with van der Waals surface area (Å²) < 4.78 is 2.29. The maximum absolute atomic E-state index is 13.1. The van der Waals surface area contributed by atoms with Crippen LogP contribution in [0.2, 0.25) is 5.02 Å². The number of piperidine rings is 1. The molecule has 5 nitrogen and oxygen atoms in total. The lowest BCUT2D eigenvalue weighted by atomic mass is 9.96. The zero-order valence-electron chi connectivity index (χ0n) is 20.0. The fourth-order valence-corrected chi connectivity index (χ4v) is 5.09. The Bertz CT molecular complexity index is 1290. The van der Waals surface area contributed by atoms with Crippen molar-refractivity contribution in [1.82, 2.24) is 19.8 Å². The Labute approximate surface area is 211 Å². The molecule has 3 aromatic carbocycles. The van der Waals surface area contributed by atoms with Crippen LogP contribution in [0.3, 0.4) is 0 Å². The van der Waals surface area contributed by atoms with Crippen LogP contribution in [0.25, 0.3) is 11.0 Å². The Hall–Kier alpha value is -3.15. The van der Waals surface area contributed by atoms with Crippen molar-refractivity contribution in [2.75, 3.05) is 13.1 Å². The van der Waals surface area contributed by atoms with Crippen LogP contribution in [-0.2, 0) is 17.9 Å².